The maximum atomic E-state index is 12.5. The molecule has 1 aliphatic carbocycles. The highest BCUT2D eigenvalue weighted by Crippen LogP contribution is 2.38. The van der Waals surface area contributed by atoms with E-state index in [-0.39, 0.29) is 15.3 Å². The predicted octanol–water partition coefficient (Wildman–Crippen LogP) is 4.90. The molecule has 5 heteroatoms. The Kier molecular flexibility index (Phi) is 3.56. The molecule has 0 bridgehead atoms. The minimum Gasteiger partial charge on any atom is -0.289 e. The van der Waals surface area contributed by atoms with Gasteiger partial charge in [-0.2, -0.15) is 0 Å². The number of hydrogen-bond donors (Lipinski definition) is 0. The van der Waals surface area contributed by atoms with E-state index in [4.69, 9.17) is 11.6 Å². The van der Waals surface area contributed by atoms with E-state index < -0.39 is 0 Å². The van der Waals surface area contributed by atoms with Gasteiger partial charge < -0.3 is 0 Å². The van der Waals surface area contributed by atoms with E-state index >= 15 is 0 Å². The monoisotopic (exact) mass is 412 g/mol. The van der Waals surface area contributed by atoms with Gasteiger partial charge in [0.15, 0.2) is 11.6 Å². The Hall–Kier alpha value is -0.970. The van der Waals surface area contributed by atoms with Gasteiger partial charge in [0.1, 0.15) is 0 Å². The van der Waals surface area contributed by atoms with Gasteiger partial charge in [-0.05, 0) is 17.7 Å². The van der Waals surface area contributed by atoms with Crippen LogP contribution in [0.15, 0.2) is 36.4 Å². The number of hydrogen-bond acceptors (Lipinski definition) is 2. The van der Waals surface area contributed by atoms with Crippen molar-refractivity contribution in [3.63, 3.8) is 0 Å². The average molecular weight is 414 g/mol. The zero-order chi connectivity index (χ0) is 14.4. The minimum absolute atomic E-state index is 0.145. The molecule has 100 valence electrons. The molecule has 0 amide bonds. The van der Waals surface area contributed by atoms with Crippen molar-refractivity contribution in [3.8, 4) is 0 Å². The number of halogens is 3. The van der Waals surface area contributed by atoms with Crippen molar-refractivity contribution in [2.75, 3.05) is 0 Å². The van der Waals surface area contributed by atoms with Gasteiger partial charge in [0.05, 0.1) is 3.74 Å². The summed E-state index contributed by atoms with van der Waals surface area (Å²) in [5, 5.41) is 0.447. The van der Waals surface area contributed by atoms with Crippen LogP contribution in [0, 0.1) is 0 Å². The lowest BCUT2D eigenvalue weighted by Gasteiger charge is -2.19. The Labute approximate surface area is 137 Å². The molecule has 0 heterocycles. The molecule has 3 rings (SSSR count). The van der Waals surface area contributed by atoms with Gasteiger partial charge in [-0.25, -0.2) is 0 Å². The Morgan fingerprint density at radius 3 is 1.85 bits per heavy atom. The lowest BCUT2D eigenvalue weighted by atomic mass is 9.83. The number of fused-ring (bicyclic) bond motifs is 2. The molecule has 1 aliphatic rings. The van der Waals surface area contributed by atoms with Gasteiger partial charge in [0.2, 0.25) is 0 Å². The van der Waals surface area contributed by atoms with Crippen LogP contribution in [-0.4, -0.2) is 11.6 Å². The summed E-state index contributed by atoms with van der Waals surface area (Å²) in [6.45, 7) is 0. The molecular weight excluding hydrogens is 407 g/mol. The first kappa shape index (κ1) is 14.0. The normalized spacial score (nSPS) is 13.4. The molecule has 2 aromatic rings. The zero-order valence-electron chi connectivity index (χ0n) is 9.99. The van der Waals surface area contributed by atoms with Crippen molar-refractivity contribution in [3.05, 3.63) is 69.2 Å². The summed E-state index contributed by atoms with van der Waals surface area (Å²) >= 11 is 12.9. The van der Waals surface area contributed by atoms with Crippen LogP contribution in [0.5, 0.6) is 0 Å². The fraction of sp³-hybridized carbons (Fsp3) is 0.0667. The SMILES string of the molecule is O=C1c2ccccc2C(=O)c2cc(C(Br)Br)c(Cl)cc21. The van der Waals surface area contributed by atoms with Crippen molar-refractivity contribution in [2.45, 2.75) is 3.74 Å². The zero-order valence-corrected chi connectivity index (χ0v) is 13.9. The molecule has 0 aliphatic heterocycles. The Balaban J connectivity index is 2.28. The van der Waals surface area contributed by atoms with Crippen LogP contribution < -0.4 is 0 Å². The highest BCUT2D eigenvalue weighted by atomic mass is 79.9. The van der Waals surface area contributed by atoms with Crippen LogP contribution in [0.25, 0.3) is 0 Å². The van der Waals surface area contributed by atoms with Crippen LogP contribution >= 0.6 is 43.5 Å². The molecule has 0 N–H and O–H groups in total. The van der Waals surface area contributed by atoms with Gasteiger partial charge in [-0.3, -0.25) is 9.59 Å². The number of carbonyl (C=O) groups is 2. The molecule has 0 atom stereocenters. The largest absolute Gasteiger partial charge is 0.289 e. The van der Waals surface area contributed by atoms with Crippen molar-refractivity contribution in [1.29, 1.82) is 0 Å². The molecule has 0 saturated carbocycles. The van der Waals surface area contributed by atoms with Crippen LogP contribution in [-0.2, 0) is 0 Å². The first-order chi connectivity index (χ1) is 9.50. The molecule has 0 aromatic heterocycles. The highest BCUT2D eigenvalue weighted by molar-refractivity contribution is 9.24. The Bertz CT molecular complexity index is 754. The Morgan fingerprint density at radius 1 is 0.850 bits per heavy atom. The fourth-order valence-electron chi connectivity index (χ4n) is 2.30. The topological polar surface area (TPSA) is 34.1 Å². The molecule has 0 radical (unpaired) electrons. The first-order valence-electron chi connectivity index (χ1n) is 5.80. The van der Waals surface area contributed by atoms with Crippen LogP contribution in [0.3, 0.4) is 0 Å². The third kappa shape index (κ3) is 2.07. The lowest BCUT2D eigenvalue weighted by Crippen LogP contribution is -2.21. The molecule has 2 nitrogen and oxygen atoms in total. The summed E-state index contributed by atoms with van der Waals surface area (Å²) in [6, 6.07) is 10.1. The Morgan fingerprint density at radius 2 is 1.35 bits per heavy atom. The van der Waals surface area contributed by atoms with E-state index in [1.807, 2.05) is 0 Å². The molecule has 2 aromatic carbocycles. The van der Waals surface area contributed by atoms with Crippen molar-refractivity contribution in [1.82, 2.24) is 0 Å². The maximum absolute atomic E-state index is 12.5. The quantitative estimate of drug-likeness (QED) is 0.531. The van der Waals surface area contributed by atoms with Crippen LogP contribution in [0.1, 0.15) is 41.1 Å². The van der Waals surface area contributed by atoms with Crippen molar-refractivity contribution in [2.24, 2.45) is 0 Å². The van der Waals surface area contributed by atoms with E-state index in [2.05, 4.69) is 31.9 Å². The number of alkyl halides is 2. The highest BCUT2D eigenvalue weighted by Gasteiger charge is 2.30. The van der Waals surface area contributed by atoms with Crippen LogP contribution in [0.2, 0.25) is 5.02 Å². The van der Waals surface area contributed by atoms with Gasteiger partial charge in [0.25, 0.3) is 0 Å². The molecule has 20 heavy (non-hydrogen) atoms. The minimum atomic E-state index is -0.173. The summed E-state index contributed by atoms with van der Waals surface area (Å²) in [4.78, 5) is 25.0. The standard InChI is InChI=1S/C15H7Br2ClO2/c16-15(17)11-5-9-10(6-12(11)18)14(20)8-4-2-1-3-7(8)13(9)19/h1-6,15H. The van der Waals surface area contributed by atoms with Crippen molar-refractivity contribution >= 4 is 55.0 Å². The number of ketones is 2. The van der Waals surface area contributed by atoms with Gasteiger partial charge >= 0.3 is 0 Å². The summed E-state index contributed by atoms with van der Waals surface area (Å²) in [5.74, 6) is -0.307. The van der Waals surface area contributed by atoms with E-state index in [1.54, 1.807) is 36.4 Å². The van der Waals surface area contributed by atoms with Gasteiger partial charge in [-0.15, -0.1) is 0 Å². The van der Waals surface area contributed by atoms with Crippen LogP contribution in [0.4, 0.5) is 0 Å². The molecular formula is C15H7Br2ClO2. The second-order valence-electron chi connectivity index (χ2n) is 4.42. The summed E-state index contributed by atoms with van der Waals surface area (Å²) in [5.41, 5.74) is 2.37. The number of rotatable bonds is 1. The van der Waals surface area contributed by atoms with Gasteiger partial charge in [-0.1, -0.05) is 67.7 Å². The average Bonchev–Trinajstić information content (AvgIpc) is 2.44. The van der Waals surface area contributed by atoms with Gasteiger partial charge in [0, 0.05) is 27.3 Å². The van der Waals surface area contributed by atoms with E-state index in [9.17, 15) is 9.59 Å². The number of carbonyl (C=O) groups excluding carboxylic acids is 2. The van der Waals surface area contributed by atoms with E-state index in [0.717, 1.165) is 5.56 Å². The summed E-state index contributed by atoms with van der Waals surface area (Å²) in [7, 11) is 0. The first-order valence-corrected chi connectivity index (χ1v) is 8.01. The third-order valence-corrected chi connectivity index (χ3v) is 4.59. The molecule has 0 spiro atoms. The molecule has 0 unspecified atom stereocenters. The number of benzene rings is 2. The maximum Gasteiger partial charge on any atom is 0.194 e. The molecule has 0 fully saturated rings. The van der Waals surface area contributed by atoms with Crippen molar-refractivity contribution < 1.29 is 9.59 Å². The van der Waals surface area contributed by atoms with E-state index in [1.165, 1.54) is 0 Å². The second kappa shape index (κ2) is 5.10. The summed E-state index contributed by atoms with van der Waals surface area (Å²) < 4.78 is -0.173. The predicted molar refractivity (Wildman–Crippen MR) is 85.4 cm³/mol. The summed E-state index contributed by atoms with van der Waals surface area (Å²) in [6.07, 6.45) is 0. The van der Waals surface area contributed by atoms with E-state index in [0.29, 0.717) is 27.3 Å². The smallest absolute Gasteiger partial charge is 0.194 e. The lowest BCUT2D eigenvalue weighted by molar-refractivity contribution is 0.0979. The second-order valence-corrected chi connectivity index (χ2v) is 7.89. The molecule has 0 saturated heterocycles. The fourth-order valence-corrected chi connectivity index (χ4v) is 3.60. The third-order valence-electron chi connectivity index (χ3n) is 3.28.